The second-order valence-corrected chi connectivity index (χ2v) is 6.19. The minimum Gasteiger partial charge on any atom is -0.495 e. The summed E-state index contributed by atoms with van der Waals surface area (Å²) in [6, 6.07) is 10.3. The van der Waals surface area contributed by atoms with E-state index in [4.69, 9.17) is 4.74 Å². The Morgan fingerprint density at radius 3 is 2.50 bits per heavy atom. The van der Waals surface area contributed by atoms with E-state index < -0.39 is 10.0 Å². The lowest BCUT2D eigenvalue weighted by molar-refractivity contribution is 0.402. The Hall–Kier alpha value is -2.41. The third kappa shape index (κ3) is 3.82. The van der Waals surface area contributed by atoms with E-state index in [1.54, 1.807) is 19.1 Å². The van der Waals surface area contributed by atoms with Crippen molar-refractivity contribution in [2.75, 3.05) is 7.11 Å². The Morgan fingerprint density at radius 1 is 1.18 bits per heavy atom. The molecule has 7 heteroatoms. The molecule has 0 heterocycles. The van der Waals surface area contributed by atoms with Gasteiger partial charge in [0.2, 0.25) is 0 Å². The molecule has 2 aromatic rings. The van der Waals surface area contributed by atoms with Crippen molar-refractivity contribution in [3.63, 3.8) is 0 Å². The van der Waals surface area contributed by atoms with Crippen LogP contribution >= 0.6 is 0 Å². The van der Waals surface area contributed by atoms with Crippen LogP contribution in [0, 0.1) is 12.7 Å². The van der Waals surface area contributed by atoms with Gasteiger partial charge in [-0.1, -0.05) is 18.2 Å². The third-order valence-electron chi connectivity index (χ3n) is 2.87. The summed E-state index contributed by atoms with van der Waals surface area (Å²) in [6.45, 7) is 1.78. The van der Waals surface area contributed by atoms with Crippen molar-refractivity contribution in [2.45, 2.75) is 11.8 Å². The van der Waals surface area contributed by atoms with Gasteiger partial charge in [0.1, 0.15) is 16.5 Å². The molecule has 0 aliphatic rings. The number of nitrogens with zero attached hydrogens (tertiary/aromatic N) is 1. The monoisotopic (exact) mass is 322 g/mol. The fraction of sp³-hybridized carbons (Fsp3) is 0.133. The van der Waals surface area contributed by atoms with E-state index in [1.165, 1.54) is 43.7 Å². The molecule has 0 radical (unpaired) electrons. The minimum atomic E-state index is -3.85. The average molecular weight is 322 g/mol. The highest BCUT2D eigenvalue weighted by molar-refractivity contribution is 7.89. The van der Waals surface area contributed by atoms with Gasteiger partial charge in [0, 0.05) is 0 Å². The first-order valence-corrected chi connectivity index (χ1v) is 7.86. The van der Waals surface area contributed by atoms with E-state index in [9.17, 15) is 12.8 Å². The maximum Gasteiger partial charge on any atom is 0.280 e. The molecule has 116 valence electrons. The molecule has 2 aromatic carbocycles. The van der Waals surface area contributed by atoms with E-state index in [-0.39, 0.29) is 16.5 Å². The van der Waals surface area contributed by atoms with Gasteiger partial charge in [-0.25, -0.2) is 4.39 Å². The summed E-state index contributed by atoms with van der Waals surface area (Å²) in [5.41, 5.74) is 1.35. The van der Waals surface area contributed by atoms with Crippen LogP contribution in [0.1, 0.15) is 11.1 Å². The number of sulfonamides is 1. The van der Waals surface area contributed by atoms with Crippen LogP contribution in [0.5, 0.6) is 5.75 Å². The molecule has 2 rings (SSSR count). The first-order chi connectivity index (χ1) is 10.4. The Bertz CT molecular complexity index is 787. The van der Waals surface area contributed by atoms with Gasteiger partial charge in [-0.3, -0.25) is 0 Å². The Kier molecular flexibility index (Phi) is 4.77. The molecule has 0 amide bonds. The number of benzene rings is 2. The van der Waals surface area contributed by atoms with Crippen molar-refractivity contribution in [3.05, 3.63) is 59.4 Å². The lowest BCUT2D eigenvalue weighted by Crippen LogP contribution is -2.19. The number of hydrazone groups is 1. The van der Waals surface area contributed by atoms with Crippen molar-refractivity contribution < 1.29 is 17.5 Å². The molecule has 0 atom stereocenters. The van der Waals surface area contributed by atoms with Crippen LogP contribution in [-0.4, -0.2) is 21.7 Å². The maximum atomic E-state index is 12.8. The highest BCUT2D eigenvalue weighted by Gasteiger charge is 2.18. The largest absolute Gasteiger partial charge is 0.495 e. The molecule has 5 nitrogen and oxygen atoms in total. The van der Waals surface area contributed by atoms with Gasteiger partial charge in [0.15, 0.2) is 0 Å². The molecule has 0 fully saturated rings. The number of nitrogens with one attached hydrogen (secondary N) is 1. The molecular formula is C15H15FN2O3S. The molecule has 0 saturated heterocycles. The van der Waals surface area contributed by atoms with Gasteiger partial charge in [0.25, 0.3) is 10.0 Å². The van der Waals surface area contributed by atoms with E-state index in [0.717, 1.165) is 5.56 Å². The predicted molar refractivity (Wildman–Crippen MR) is 82.0 cm³/mol. The smallest absolute Gasteiger partial charge is 0.280 e. The van der Waals surface area contributed by atoms with E-state index in [0.29, 0.717) is 5.56 Å². The van der Waals surface area contributed by atoms with Crippen molar-refractivity contribution in [3.8, 4) is 5.75 Å². The molecule has 1 N–H and O–H groups in total. The summed E-state index contributed by atoms with van der Waals surface area (Å²) >= 11 is 0. The van der Waals surface area contributed by atoms with Crippen molar-refractivity contribution >= 4 is 16.2 Å². The summed E-state index contributed by atoms with van der Waals surface area (Å²) in [7, 11) is -2.46. The van der Waals surface area contributed by atoms with Gasteiger partial charge in [0.05, 0.1) is 13.3 Å². The van der Waals surface area contributed by atoms with Crippen molar-refractivity contribution in [1.29, 1.82) is 0 Å². The van der Waals surface area contributed by atoms with Crippen LogP contribution in [0.4, 0.5) is 4.39 Å². The zero-order valence-electron chi connectivity index (χ0n) is 12.1. The fourth-order valence-electron chi connectivity index (χ4n) is 1.76. The van der Waals surface area contributed by atoms with Gasteiger partial charge in [-0.15, -0.1) is 0 Å². The zero-order chi connectivity index (χ0) is 16.2. The number of aryl methyl sites for hydroxylation is 1. The Balaban J connectivity index is 2.21. The van der Waals surface area contributed by atoms with Crippen LogP contribution in [0.15, 0.2) is 52.5 Å². The second kappa shape index (κ2) is 6.57. The molecule has 0 saturated carbocycles. The molecule has 0 aliphatic heterocycles. The van der Waals surface area contributed by atoms with E-state index >= 15 is 0 Å². The molecule has 0 aliphatic carbocycles. The van der Waals surface area contributed by atoms with Crippen molar-refractivity contribution in [2.24, 2.45) is 5.10 Å². The van der Waals surface area contributed by atoms with E-state index in [2.05, 4.69) is 9.93 Å². The number of rotatable bonds is 5. The highest BCUT2D eigenvalue weighted by Crippen LogP contribution is 2.24. The quantitative estimate of drug-likeness (QED) is 0.679. The average Bonchev–Trinajstić information content (AvgIpc) is 2.49. The molecule has 0 spiro atoms. The first-order valence-electron chi connectivity index (χ1n) is 6.37. The topological polar surface area (TPSA) is 67.8 Å². The normalized spacial score (nSPS) is 11.6. The van der Waals surface area contributed by atoms with Crippen LogP contribution in [0.3, 0.4) is 0 Å². The Morgan fingerprint density at radius 2 is 1.86 bits per heavy atom. The molecule has 0 aromatic heterocycles. The minimum absolute atomic E-state index is 0.00579. The number of methoxy groups -OCH3 is 1. The van der Waals surface area contributed by atoms with Crippen LogP contribution < -0.4 is 9.57 Å². The summed E-state index contributed by atoms with van der Waals surface area (Å²) < 4.78 is 42.3. The molecule has 0 bridgehead atoms. The van der Waals surface area contributed by atoms with E-state index in [1.807, 2.05) is 0 Å². The lowest BCUT2D eigenvalue weighted by atomic mass is 10.2. The highest BCUT2D eigenvalue weighted by atomic mass is 32.2. The van der Waals surface area contributed by atoms with Crippen LogP contribution in [-0.2, 0) is 10.0 Å². The number of ether oxygens (including phenoxy) is 1. The van der Waals surface area contributed by atoms with Crippen LogP contribution in [0.25, 0.3) is 0 Å². The van der Waals surface area contributed by atoms with Gasteiger partial charge >= 0.3 is 0 Å². The number of halogens is 1. The molecular weight excluding hydrogens is 307 g/mol. The third-order valence-corrected chi connectivity index (χ3v) is 4.11. The second-order valence-electron chi connectivity index (χ2n) is 4.56. The molecule has 0 unspecified atom stereocenters. The summed E-state index contributed by atoms with van der Waals surface area (Å²) in [5.74, 6) is -0.141. The number of hydrogen-bond acceptors (Lipinski definition) is 4. The zero-order valence-corrected chi connectivity index (χ0v) is 12.9. The lowest BCUT2D eigenvalue weighted by Gasteiger charge is -2.09. The van der Waals surface area contributed by atoms with Gasteiger partial charge in [-0.2, -0.15) is 18.4 Å². The standard InChI is InChI=1S/C15H15FN2O3S/c1-11-3-8-14(21-2)15(9-11)22(19,20)18-17-10-12-4-6-13(16)7-5-12/h3-10,18H,1-2H3/b17-10+. The summed E-state index contributed by atoms with van der Waals surface area (Å²) in [5, 5.41) is 3.68. The summed E-state index contributed by atoms with van der Waals surface area (Å²) in [4.78, 5) is 2.11. The summed E-state index contributed by atoms with van der Waals surface area (Å²) in [6.07, 6.45) is 1.29. The molecule has 22 heavy (non-hydrogen) atoms. The maximum absolute atomic E-state index is 12.8. The van der Waals surface area contributed by atoms with Crippen molar-refractivity contribution in [1.82, 2.24) is 4.83 Å². The predicted octanol–water partition coefficient (Wildman–Crippen LogP) is 2.46. The van der Waals surface area contributed by atoms with Crippen LogP contribution in [0.2, 0.25) is 0 Å². The van der Waals surface area contributed by atoms with Gasteiger partial charge < -0.3 is 4.74 Å². The number of hydrogen-bond donors (Lipinski definition) is 1. The Labute approximate surface area is 128 Å². The SMILES string of the molecule is COc1ccc(C)cc1S(=O)(=O)N/N=C/c1ccc(F)cc1. The fourth-order valence-corrected chi connectivity index (χ4v) is 2.81. The van der Waals surface area contributed by atoms with Gasteiger partial charge in [-0.05, 0) is 42.3 Å². The first kappa shape index (κ1) is 16.0.